The van der Waals surface area contributed by atoms with E-state index in [1.807, 2.05) is 27.8 Å². The second kappa shape index (κ2) is 14.9. The molecule has 0 saturated heterocycles. The van der Waals surface area contributed by atoms with E-state index in [-0.39, 0.29) is 18.3 Å². The van der Waals surface area contributed by atoms with Gasteiger partial charge in [-0.1, -0.05) is 6.07 Å². The number of amides is 2. The number of ether oxygens (including phenoxy) is 1. The number of benzene rings is 2. The normalized spacial score (nSPS) is 11.2. The van der Waals surface area contributed by atoms with Gasteiger partial charge in [0.05, 0.1) is 0 Å². The molecule has 2 amide bonds. The summed E-state index contributed by atoms with van der Waals surface area (Å²) < 4.78 is 7.62. The van der Waals surface area contributed by atoms with Gasteiger partial charge in [0, 0.05) is 75.2 Å². The molecular weight excluding hydrogens is 514 g/mol. The predicted octanol–water partition coefficient (Wildman–Crippen LogP) is 1.27. The Kier molecular flexibility index (Phi) is 12.3. The third kappa shape index (κ3) is 9.86. The molecule has 3 rings (SSSR count). The summed E-state index contributed by atoms with van der Waals surface area (Å²) in [6, 6.07) is 15.6. The Balaban J connectivity index is 0.00000533. The summed E-state index contributed by atoms with van der Waals surface area (Å²) in [6.45, 7) is 7.89. The van der Waals surface area contributed by atoms with E-state index in [0.29, 0.717) is 19.5 Å². The smallest absolute Gasteiger partial charge is 0.407 e. The van der Waals surface area contributed by atoms with Gasteiger partial charge in [-0.25, -0.2) is 4.79 Å². The van der Waals surface area contributed by atoms with Crippen LogP contribution in [-0.4, -0.2) is 51.8 Å². The zero-order valence-corrected chi connectivity index (χ0v) is 25.0. The lowest BCUT2D eigenvalue weighted by Crippen LogP contribution is -3.00. The minimum atomic E-state index is -0.534. The van der Waals surface area contributed by atoms with Gasteiger partial charge in [-0.15, -0.1) is 0 Å². The number of hydrogen-bond donors (Lipinski definition) is 3. The van der Waals surface area contributed by atoms with Crippen LogP contribution in [0.2, 0.25) is 0 Å². The van der Waals surface area contributed by atoms with Gasteiger partial charge in [0.15, 0.2) is 0 Å². The van der Waals surface area contributed by atoms with Crippen LogP contribution in [0.25, 0.3) is 21.8 Å². The van der Waals surface area contributed by atoms with Gasteiger partial charge in [-0.05, 0) is 70.5 Å². The summed E-state index contributed by atoms with van der Waals surface area (Å²) in [5.41, 5.74) is 4.36. The minimum absolute atomic E-state index is 0. The highest BCUT2D eigenvalue weighted by molar-refractivity contribution is 5.90. The number of rotatable bonds is 12. The number of nitrogens with zero attached hydrogens (tertiary/aromatic N) is 2. The third-order valence-electron chi connectivity index (χ3n) is 6.30. The zero-order valence-electron chi connectivity index (χ0n) is 24.2. The molecular formula is C30H44ClN5O3. The van der Waals surface area contributed by atoms with Crippen LogP contribution in [0.1, 0.15) is 52.0 Å². The highest BCUT2D eigenvalue weighted by atomic mass is 35.5. The number of aryl methyl sites for hydroxylation is 1. The Morgan fingerprint density at radius 2 is 1.56 bits per heavy atom. The molecule has 214 valence electrons. The monoisotopic (exact) mass is 557 g/mol. The van der Waals surface area contributed by atoms with E-state index >= 15 is 0 Å². The van der Waals surface area contributed by atoms with Crippen molar-refractivity contribution in [3.05, 3.63) is 48.0 Å². The number of carbonyl (C=O) groups excluding carboxylic acids is 2. The van der Waals surface area contributed by atoms with Crippen molar-refractivity contribution in [2.75, 3.05) is 39.1 Å². The Hall–Kier alpha value is -3.10. The van der Waals surface area contributed by atoms with E-state index < -0.39 is 11.7 Å². The van der Waals surface area contributed by atoms with E-state index in [1.54, 1.807) is 0 Å². The molecule has 0 spiro atoms. The van der Waals surface area contributed by atoms with Crippen LogP contribution in [0, 0.1) is 0 Å². The molecule has 3 aromatic rings. The summed E-state index contributed by atoms with van der Waals surface area (Å²) >= 11 is 0. The second-order valence-electron chi connectivity index (χ2n) is 10.9. The Morgan fingerprint density at radius 1 is 0.897 bits per heavy atom. The van der Waals surface area contributed by atoms with Crippen molar-refractivity contribution in [2.45, 2.75) is 65.1 Å². The van der Waals surface area contributed by atoms with Gasteiger partial charge in [-0.2, -0.15) is 4.57 Å². The fourth-order valence-corrected chi connectivity index (χ4v) is 4.46. The number of nitrogens with one attached hydrogen (secondary N) is 3. The Labute approximate surface area is 238 Å². The number of unbranched alkanes of at least 4 members (excludes halogenated alkanes) is 2. The molecule has 0 atom stereocenters. The molecule has 1 heterocycles. The summed E-state index contributed by atoms with van der Waals surface area (Å²) in [6.07, 6.45) is 2.76. The van der Waals surface area contributed by atoms with Crippen molar-refractivity contribution in [3.63, 3.8) is 0 Å². The first kappa shape index (κ1) is 32.1. The average molecular weight is 558 g/mol. The standard InChI is InChI=1S/C30H43N5O3.ClH/c1-30(2,3)38-29(37)33-16-15-32-28(36)10-8-7-9-17-35-26-18-22(21-31-4)11-12-23(26)19-24-13-14-25(34(5)6)20-27(24)35;/h11-14,18-20,31H,7-10,15-17,21H2,1-6H3,(H-,32,33,36,37);1H. The van der Waals surface area contributed by atoms with E-state index in [0.717, 1.165) is 32.4 Å². The fraction of sp³-hybridized carbons (Fsp3) is 0.500. The first-order valence-corrected chi connectivity index (χ1v) is 13.5. The molecule has 0 unspecified atom stereocenters. The summed E-state index contributed by atoms with van der Waals surface area (Å²) in [5, 5.41) is 11.2. The van der Waals surface area contributed by atoms with Crippen LogP contribution in [0.5, 0.6) is 0 Å². The lowest BCUT2D eigenvalue weighted by molar-refractivity contribution is -0.645. The SMILES string of the molecule is CNCc1ccc2cc3ccc(N(C)C)cc3[n+](CCCCCC(=O)NCCNC(=O)OC(C)(C)C)c2c1.[Cl-]. The van der Waals surface area contributed by atoms with Crippen molar-refractivity contribution >= 4 is 39.5 Å². The molecule has 0 fully saturated rings. The van der Waals surface area contributed by atoms with Crippen molar-refractivity contribution in [3.8, 4) is 0 Å². The van der Waals surface area contributed by atoms with Gasteiger partial charge in [-0.3, -0.25) is 4.79 Å². The van der Waals surface area contributed by atoms with E-state index in [2.05, 4.69) is 82.0 Å². The molecule has 39 heavy (non-hydrogen) atoms. The largest absolute Gasteiger partial charge is 1.00 e. The number of halogens is 1. The predicted molar refractivity (Wildman–Crippen MR) is 154 cm³/mol. The summed E-state index contributed by atoms with van der Waals surface area (Å²) in [7, 11) is 6.10. The highest BCUT2D eigenvalue weighted by Crippen LogP contribution is 2.24. The van der Waals surface area contributed by atoms with Crippen LogP contribution in [0.15, 0.2) is 42.5 Å². The Morgan fingerprint density at radius 3 is 2.23 bits per heavy atom. The molecule has 8 nitrogen and oxygen atoms in total. The van der Waals surface area contributed by atoms with E-state index in [4.69, 9.17) is 4.74 Å². The number of hydrogen-bond acceptors (Lipinski definition) is 5. The van der Waals surface area contributed by atoms with Gasteiger partial charge in [0.25, 0.3) is 0 Å². The number of anilines is 1. The van der Waals surface area contributed by atoms with Crippen molar-refractivity contribution in [1.29, 1.82) is 0 Å². The summed E-state index contributed by atoms with van der Waals surface area (Å²) in [4.78, 5) is 26.0. The molecule has 0 radical (unpaired) electrons. The maximum absolute atomic E-state index is 12.2. The third-order valence-corrected chi connectivity index (χ3v) is 6.30. The molecule has 2 aromatic carbocycles. The fourth-order valence-electron chi connectivity index (χ4n) is 4.46. The first-order valence-electron chi connectivity index (χ1n) is 13.5. The van der Waals surface area contributed by atoms with Crippen LogP contribution in [-0.2, 0) is 22.6 Å². The molecule has 9 heteroatoms. The lowest BCUT2D eigenvalue weighted by Gasteiger charge is -2.19. The molecule has 0 saturated carbocycles. The van der Waals surface area contributed by atoms with Crippen molar-refractivity contribution < 1.29 is 31.3 Å². The van der Waals surface area contributed by atoms with Crippen LogP contribution >= 0.6 is 0 Å². The quantitative estimate of drug-likeness (QED) is 0.177. The summed E-state index contributed by atoms with van der Waals surface area (Å²) in [5.74, 6) is 0.00610. The van der Waals surface area contributed by atoms with Gasteiger partial charge >= 0.3 is 6.09 Å². The molecule has 0 aliphatic carbocycles. The molecule has 3 N–H and O–H groups in total. The molecule has 0 aliphatic rings. The van der Waals surface area contributed by atoms with Crippen molar-refractivity contribution in [2.24, 2.45) is 0 Å². The number of alkyl carbamates (subject to hydrolysis) is 1. The second-order valence-corrected chi connectivity index (χ2v) is 10.9. The van der Waals surface area contributed by atoms with Crippen LogP contribution < -0.4 is 37.8 Å². The molecule has 0 bridgehead atoms. The van der Waals surface area contributed by atoms with E-state index in [1.165, 1.54) is 33.1 Å². The molecule has 0 aliphatic heterocycles. The van der Waals surface area contributed by atoms with Gasteiger partial charge in [0.1, 0.15) is 12.1 Å². The topological polar surface area (TPSA) is 86.6 Å². The lowest BCUT2D eigenvalue weighted by atomic mass is 10.1. The number of carbonyl (C=O) groups is 2. The highest BCUT2D eigenvalue weighted by Gasteiger charge is 2.18. The van der Waals surface area contributed by atoms with Gasteiger partial charge < -0.3 is 38.0 Å². The number of aromatic nitrogens is 1. The maximum atomic E-state index is 12.2. The van der Waals surface area contributed by atoms with Crippen LogP contribution in [0.3, 0.4) is 0 Å². The zero-order chi connectivity index (χ0) is 27.7. The minimum Gasteiger partial charge on any atom is -1.00 e. The van der Waals surface area contributed by atoms with Crippen molar-refractivity contribution in [1.82, 2.24) is 16.0 Å². The number of pyridine rings is 1. The number of fused-ring (bicyclic) bond motifs is 2. The maximum Gasteiger partial charge on any atom is 0.407 e. The average Bonchev–Trinajstić information content (AvgIpc) is 2.85. The van der Waals surface area contributed by atoms with Crippen LogP contribution in [0.4, 0.5) is 10.5 Å². The molecule has 1 aromatic heterocycles. The van der Waals surface area contributed by atoms with Gasteiger partial charge in [0.2, 0.25) is 16.9 Å². The van der Waals surface area contributed by atoms with E-state index in [9.17, 15) is 9.59 Å². The Bertz CT molecular complexity index is 1260. The first-order chi connectivity index (χ1) is 18.1.